The van der Waals surface area contributed by atoms with Crippen molar-refractivity contribution in [2.75, 3.05) is 0 Å². The van der Waals surface area contributed by atoms with Gasteiger partial charge >= 0.3 is 6.09 Å². The second-order valence-electron chi connectivity index (χ2n) is 4.67. The Balaban J connectivity index is 1.89. The van der Waals surface area contributed by atoms with Gasteiger partial charge in [-0.3, -0.25) is 4.98 Å². The zero-order chi connectivity index (χ0) is 13.2. The third-order valence-corrected chi connectivity index (χ3v) is 3.39. The molecule has 1 amide bonds. The van der Waals surface area contributed by atoms with Crippen molar-refractivity contribution >= 4 is 22.7 Å². The third kappa shape index (κ3) is 2.31. The van der Waals surface area contributed by atoms with Gasteiger partial charge in [0.25, 0.3) is 0 Å². The Morgan fingerprint density at radius 1 is 1.53 bits per heavy atom. The van der Waals surface area contributed by atoms with Crippen LogP contribution < -0.4 is 5.73 Å². The van der Waals surface area contributed by atoms with E-state index in [9.17, 15) is 4.79 Å². The molecule has 1 aliphatic carbocycles. The molecule has 5 heteroatoms. The number of fused-ring (bicyclic) bond motifs is 1. The summed E-state index contributed by atoms with van der Waals surface area (Å²) in [6.45, 7) is 0. The number of ether oxygens (including phenoxy) is 1. The molecule has 0 aliphatic heterocycles. The predicted molar refractivity (Wildman–Crippen MR) is 72.4 cm³/mol. The number of aromatic amines is 1. The number of aromatic nitrogens is 2. The van der Waals surface area contributed by atoms with E-state index in [1.165, 1.54) is 0 Å². The van der Waals surface area contributed by atoms with Crippen molar-refractivity contribution in [3.05, 3.63) is 36.2 Å². The van der Waals surface area contributed by atoms with E-state index in [4.69, 9.17) is 10.5 Å². The van der Waals surface area contributed by atoms with E-state index in [0.29, 0.717) is 6.42 Å². The van der Waals surface area contributed by atoms with Gasteiger partial charge in [-0.1, -0.05) is 6.08 Å². The second-order valence-corrected chi connectivity index (χ2v) is 4.67. The van der Waals surface area contributed by atoms with Crippen molar-refractivity contribution in [2.24, 2.45) is 5.73 Å². The van der Waals surface area contributed by atoms with Crippen molar-refractivity contribution in [3.63, 3.8) is 0 Å². The molecule has 2 heterocycles. The lowest BCUT2D eigenvalue weighted by Gasteiger charge is -2.21. The van der Waals surface area contributed by atoms with Crippen molar-refractivity contribution in [3.8, 4) is 0 Å². The fraction of sp³-hybridized carbons (Fsp3) is 0.286. The summed E-state index contributed by atoms with van der Waals surface area (Å²) in [5.41, 5.74) is 9.27. The molecule has 3 N–H and O–H groups in total. The molecule has 1 atom stereocenters. The molecule has 0 fully saturated rings. The Morgan fingerprint density at radius 2 is 2.42 bits per heavy atom. The molecular weight excluding hydrogens is 242 g/mol. The van der Waals surface area contributed by atoms with E-state index in [2.05, 4.69) is 16.0 Å². The van der Waals surface area contributed by atoms with Crippen LogP contribution in [0.1, 0.15) is 24.8 Å². The molecule has 0 saturated heterocycles. The first-order valence-corrected chi connectivity index (χ1v) is 6.31. The quantitative estimate of drug-likeness (QED) is 0.867. The van der Waals surface area contributed by atoms with Crippen molar-refractivity contribution in [1.82, 2.24) is 9.97 Å². The van der Waals surface area contributed by atoms with Crippen LogP contribution in [0.2, 0.25) is 0 Å². The number of carbonyl (C=O) groups is 1. The van der Waals surface area contributed by atoms with E-state index in [1.807, 2.05) is 18.3 Å². The van der Waals surface area contributed by atoms with Gasteiger partial charge in [0.15, 0.2) is 0 Å². The summed E-state index contributed by atoms with van der Waals surface area (Å²) in [5, 5.41) is 0. The monoisotopic (exact) mass is 257 g/mol. The molecular formula is C14H15N3O2. The molecule has 0 aromatic carbocycles. The van der Waals surface area contributed by atoms with E-state index in [-0.39, 0.29) is 6.10 Å². The van der Waals surface area contributed by atoms with Crippen LogP contribution in [0, 0.1) is 0 Å². The summed E-state index contributed by atoms with van der Waals surface area (Å²) in [7, 11) is 0. The minimum absolute atomic E-state index is 0.133. The van der Waals surface area contributed by atoms with Gasteiger partial charge in [-0.25, -0.2) is 4.79 Å². The van der Waals surface area contributed by atoms with E-state index < -0.39 is 6.09 Å². The fourth-order valence-corrected chi connectivity index (χ4v) is 2.56. The van der Waals surface area contributed by atoms with E-state index >= 15 is 0 Å². The smallest absolute Gasteiger partial charge is 0.404 e. The second kappa shape index (κ2) is 4.76. The van der Waals surface area contributed by atoms with Crippen LogP contribution in [0.5, 0.6) is 0 Å². The average Bonchev–Trinajstić information content (AvgIpc) is 2.82. The molecule has 98 valence electrons. The first kappa shape index (κ1) is 11.8. The van der Waals surface area contributed by atoms with Crippen LogP contribution in [0.25, 0.3) is 16.6 Å². The molecule has 0 bridgehead atoms. The molecule has 1 unspecified atom stereocenters. The number of pyridine rings is 1. The Kier molecular flexibility index (Phi) is 2.95. The lowest BCUT2D eigenvalue weighted by atomic mass is 9.92. The number of primary amides is 1. The van der Waals surface area contributed by atoms with Gasteiger partial charge in [-0.15, -0.1) is 0 Å². The van der Waals surface area contributed by atoms with Gasteiger partial charge in [0, 0.05) is 24.4 Å². The van der Waals surface area contributed by atoms with E-state index in [1.54, 1.807) is 6.20 Å². The highest BCUT2D eigenvalue weighted by Gasteiger charge is 2.21. The summed E-state index contributed by atoms with van der Waals surface area (Å²) in [6.07, 6.45) is 7.46. The molecule has 1 aliphatic rings. The van der Waals surface area contributed by atoms with Gasteiger partial charge in [0.2, 0.25) is 0 Å². The Morgan fingerprint density at radius 3 is 3.26 bits per heavy atom. The molecule has 0 spiro atoms. The first-order valence-electron chi connectivity index (χ1n) is 6.31. The van der Waals surface area contributed by atoms with Crippen molar-refractivity contribution < 1.29 is 9.53 Å². The maximum Gasteiger partial charge on any atom is 0.404 e. The van der Waals surface area contributed by atoms with Gasteiger partial charge in [0.05, 0.1) is 11.0 Å². The Labute approximate surface area is 110 Å². The number of nitrogens with two attached hydrogens (primary N) is 1. The number of hydrogen-bond donors (Lipinski definition) is 2. The minimum atomic E-state index is -0.705. The number of rotatable bonds is 2. The van der Waals surface area contributed by atoms with Gasteiger partial charge in [0.1, 0.15) is 6.10 Å². The van der Waals surface area contributed by atoms with Crippen molar-refractivity contribution in [1.29, 1.82) is 0 Å². The number of carbonyl (C=O) groups excluding carboxylic acids is 1. The highest BCUT2D eigenvalue weighted by atomic mass is 16.6. The summed E-state index contributed by atoms with van der Waals surface area (Å²) in [4.78, 5) is 18.4. The predicted octanol–water partition coefficient (Wildman–Crippen LogP) is 2.59. The summed E-state index contributed by atoms with van der Waals surface area (Å²) >= 11 is 0. The molecule has 2 aromatic heterocycles. The Hall–Kier alpha value is -2.30. The highest BCUT2D eigenvalue weighted by Crippen LogP contribution is 2.32. The van der Waals surface area contributed by atoms with Crippen LogP contribution >= 0.6 is 0 Å². The number of allylic oxidation sites excluding steroid dienone is 1. The van der Waals surface area contributed by atoms with Crippen LogP contribution in [-0.2, 0) is 4.74 Å². The van der Waals surface area contributed by atoms with Gasteiger partial charge < -0.3 is 15.5 Å². The normalized spacial score (nSPS) is 19.2. The molecule has 2 aromatic rings. The number of nitrogens with one attached hydrogen (secondary N) is 1. The molecule has 0 radical (unpaired) electrons. The van der Waals surface area contributed by atoms with Crippen LogP contribution in [0.4, 0.5) is 4.79 Å². The zero-order valence-corrected chi connectivity index (χ0v) is 10.4. The Bertz CT molecular complexity index is 645. The number of hydrogen-bond acceptors (Lipinski definition) is 3. The average molecular weight is 257 g/mol. The van der Waals surface area contributed by atoms with Crippen LogP contribution in [0.3, 0.4) is 0 Å². The zero-order valence-electron chi connectivity index (χ0n) is 10.4. The van der Waals surface area contributed by atoms with Crippen LogP contribution in [0.15, 0.2) is 30.6 Å². The number of nitrogens with zero attached hydrogens (tertiary/aromatic N) is 1. The van der Waals surface area contributed by atoms with Gasteiger partial charge in [-0.05, 0) is 30.5 Å². The lowest BCUT2D eigenvalue weighted by molar-refractivity contribution is 0.103. The molecule has 5 nitrogen and oxygen atoms in total. The maximum absolute atomic E-state index is 10.8. The minimum Gasteiger partial charge on any atom is -0.446 e. The standard InChI is InChI=1S/C14H15N3O2/c15-14(18)19-10-4-1-3-9(7-10)11-8-17-12-5-2-6-16-13(11)12/h2-3,5-6,8,10,17H,1,4,7H2,(H2,15,18). The van der Waals surface area contributed by atoms with E-state index in [0.717, 1.165) is 35.0 Å². The lowest BCUT2D eigenvalue weighted by Crippen LogP contribution is -2.24. The maximum atomic E-state index is 10.8. The topological polar surface area (TPSA) is 81.0 Å². The third-order valence-electron chi connectivity index (χ3n) is 3.39. The summed E-state index contributed by atoms with van der Waals surface area (Å²) in [6, 6.07) is 3.89. The number of H-pyrrole nitrogens is 1. The first-order chi connectivity index (χ1) is 9.24. The molecule has 0 saturated carbocycles. The molecule has 19 heavy (non-hydrogen) atoms. The van der Waals surface area contributed by atoms with Crippen molar-refractivity contribution in [2.45, 2.75) is 25.4 Å². The van der Waals surface area contributed by atoms with Crippen LogP contribution in [-0.4, -0.2) is 22.2 Å². The largest absolute Gasteiger partial charge is 0.446 e. The highest BCUT2D eigenvalue weighted by molar-refractivity contribution is 5.89. The number of amides is 1. The molecule has 3 rings (SSSR count). The fourth-order valence-electron chi connectivity index (χ4n) is 2.56. The van der Waals surface area contributed by atoms with Gasteiger partial charge in [-0.2, -0.15) is 0 Å². The summed E-state index contributed by atoms with van der Waals surface area (Å²) < 4.78 is 5.10. The SMILES string of the molecule is NC(=O)OC1CCC=C(c2c[nH]c3cccnc23)C1. The summed E-state index contributed by atoms with van der Waals surface area (Å²) in [5.74, 6) is 0.